The first-order valence-corrected chi connectivity index (χ1v) is 9.63. The second-order valence-corrected chi connectivity index (χ2v) is 7.35. The summed E-state index contributed by atoms with van der Waals surface area (Å²) in [6.07, 6.45) is 0.724. The standard InChI is InChI=1S/C19H16Cl3NO4/c20-13-4-1-2-5-15(13)25-11-8-23-17-12(6-7-14(21)16(17)22)19(18(23)24)26-9-3-10-27-19/h1-2,4-7H,3,8-11H2. The lowest BCUT2D eigenvalue weighted by Crippen LogP contribution is -2.48. The Morgan fingerprint density at radius 2 is 1.78 bits per heavy atom. The smallest absolute Gasteiger partial charge is 0.292 e. The molecule has 2 aliphatic rings. The molecule has 0 N–H and O–H groups in total. The van der Waals surface area contributed by atoms with Gasteiger partial charge in [0.25, 0.3) is 11.7 Å². The molecule has 0 saturated carbocycles. The first-order chi connectivity index (χ1) is 13.0. The third-order valence-electron chi connectivity index (χ3n) is 4.53. The van der Waals surface area contributed by atoms with Crippen LogP contribution in [0.15, 0.2) is 36.4 Å². The Labute approximate surface area is 171 Å². The maximum atomic E-state index is 13.2. The minimum atomic E-state index is -1.47. The van der Waals surface area contributed by atoms with Gasteiger partial charge in [0.1, 0.15) is 12.4 Å². The van der Waals surface area contributed by atoms with E-state index in [1.54, 1.807) is 24.3 Å². The van der Waals surface area contributed by atoms with Crippen molar-refractivity contribution in [3.05, 3.63) is 57.0 Å². The molecule has 1 amide bonds. The van der Waals surface area contributed by atoms with Gasteiger partial charge in [-0.05, 0) is 30.7 Å². The van der Waals surface area contributed by atoms with Crippen LogP contribution in [-0.4, -0.2) is 32.3 Å². The highest BCUT2D eigenvalue weighted by atomic mass is 35.5. The van der Waals surface area contributed by atoms with Gasteiger partial charge in [0.05, 0.1) is 40.5 Å². The van der Waals surface area contributed by atoms with E-state index in [1.807, 2.05) is 12.1 Å². The average Bonchev–Trinajstić information content (AvgIpc) is 2.90. The first kappa shape index (κ1) is 18.8. The molecule has 0 atom stereocenters. The number of para-hydroxylation sites is 1. The largest absolute Gasteiger partial charge is 0.490 e. The molecule has 1 saturated heterocycles. The molecule has 0 bridgehead atoms. The third-order valence-corrected chi connectivity index (χ3v) is 5.64. The number of benzene rings is 2. The van der Waals surface area contributed by atoms with Crippen LogP contribution in [0.2, 0.25) is 15.1 Å². The summed E-state index contributed by atoms with van der Waals surface area (Å²) in [5.74, 6) is -1.25. The zero-order chi connectivity index (χ0) is 19.0. The predicted molar refractivity (Wildman–Crippen MR) is 104 cm³/mol. The van der Waals surface area contributed by atoms with Crippen LogP contribution in [-0.2, 0) is 20.1 Å². The molecule has 1 spiro atoms. The van der Waals surface area contributed by atoms with Gasteiger partial charge in [0, 0.05) is 5.56 Å². The number of carbonyl (C=O) groups is 1. The van der Waals surface area contributed by atoms with E-state index in [0.717, 1.165) is 6.42 Å². The van der Waals surface area contributed by atoms with E-state index >= 15 is 0 Å². The van der Waals surface area contributed by atoms with Crippen molar-refractivity contribution in [1.29, 1.82) is 0 Å². The molecule has 0 radical (unpaired) electrons. The number of anilines is 1. The van der Waals surface area contributed by atoms with Gasteiger partial charge >= 0.3 is 0 Å². The number of fused-ring (bicyclic) bond motifs is 2. The monoisotopic (exact) mass is 427 g/mol. The number of carbonyl (C=O) groups excluding carboxylic acids is 1. The second kappa shape index (κ2) is 7.49. The van der Waals surface area contributed by atoms with Crippen molar-refractivity contribution in [2.75, 3.05) is 31.3 Å². The van der Waals surface area contributed by atoms with Crippen LogP contribution < -0.4 is 9.64 Å². The maximum absolute atomic E-state index is 13.2. The lowest BCUT2D eigenvalue weighted by atomic mass is 10.1. The zero-order valence-electron chi connectivity index (χ0n) is 14.2. The molecular weight excluding hydrogens is 413 g/mol. The molecule has 2 heterocycles. The Kier molecular flexibility index (Phi) is 5.23. The summed E-state index contributed by atoms with van der Waals surface area (Å²) in [5.41, 5.74) is 1.07. The maximum Gasteiger partial charge on any atom is 0.292 e. The molecule has 4 rings (SSSR count). The topological polar surface area (TPSA) is 48.0 Å². The molecule has 142 valence electrons. The average molecular weight is 429 g/mol. The summed E-state index contributed by atoms with van der Waals surface area (Å²) in [5, 5.41) is 1.14. The lowest BCUT2D eigenvalue weighted by molar-refractivity contribution is -0.256. The Balaban J connectivity index is 1.62. The summed E-state index contributed by atoms with van der Waals surface area (Å²) in [4.78, 5) is 14.7. The highest BCUT2D eigenvalue weighted by Crippen LogP contribution is 2.50. The fraction of sp³-hybridized carbons (Fsp3) is 0.316. The highest BCUT2D eigenvalue weighted by molar-refractivity contribution is 6.44. The number of rotatable bonds is 4. The van der Waals surface area contributed by atoms with Crippen LogP contribution in [0.25, 0.3) is 0 Å². The molecule has 5 nitrogen and oxygen atoms in total. The van der Waals surface area contributed by atoms with Crippen molar-refractivity contribution in [3.63, 3.8) is 0 Å². The van der Waals surface area contributed by atoms with Crippen LogP contribution in [0.5, 0.6) is 5.75 Å². The Morgan fingerprint density at radius 3 is 2.52 bits per heavy atom. The number of amides is 1. The summed E-state index contributed by atoms with van der Waals surface area (Å²) in [7, 11) is 0. The normalized spacial score (nSPS) is 18.0. The van der Waals surface area contributed by atoms with Crippen molar-refractivity contribution >= 4 is 46.4 Å². The molecule has 8 heteroatoms. The van der Waals surface area contributed by atoms with E-state index in [0.29, 0.717) is 40.3 Å². The van der Waals surface area contributed by atoms with Crippen molar-refractivity contribution in [3.8, 4) is 5.75 Å². The second-order valence-electron chi connectivity index (χ2n) is 6.16. The number of halogens is 3. The minimum Gasteiger partial charge on any atom is -0.490 e. The van der Waals surface area contributed by atoms with Crippen molar-refractivity contribution in [2.24, 2.45) is 0 Å². The van der Waals surface area contributed by atoms with Crippen LogP contribution in [0.3, 0.4) is 0 Å². The van der Waals surface area contributed by atoms with E-state index in [4.69, 9.17) is 49.0 Å². The van der Waals surface area contributed by atoms with Gasteiger partial charge in [-0.25, -0.2) is 0 Å². The van der Waals surface area contributed by atoms with E-state index in [-0.39, 0.29) is 24.1 Å². The van der Waals surface area contributed by atoms with Crippen LogP contribution in [0, 0.1) is 0 Å². The number of hydrogen-bond donors (Lipinski definition) is 0. The Bertz CT molecular complexity index is 883. The summed E-state index contributed by atoms with van der Waals surface area (Å²) in [6.45, 7) is 1.31. The minimum absolute atomic E-state index is 0.216. The van der Waals surface area contributed by atoms with Gasteiger partial charge in [-0.2, -0.15) is 0 Å². The summed E-state index contributed by atoms with van der Waals surface area (Å²) >= 11 is 18.7. The number of nitrogens with zero attached hydrogens (tertiary/aromatic N) is 1. The van der Waals surface area contributed by atoms with Gasteiger partial charge < -0.3 is 19.1 Å². The number of ether oxygens (including phenoxy) is 3. The van der Waals surface area contributed by atoms with Gasteiger partial charge in [0.2, 0.25) is 0 Å². The van der Waals surface area contributed by atoms with E-state index in [1.165, 1.54) is 4.90 Å². The summed E-state index contributed by atoms with van der Waals surface area (Å²) in [6, 6.07) is 10.5. The Hall–Kier alpha value is -1.50. The highest BCUT2D eigenvalue weighted by Gasteiger charge is 2.55. The van der Waals surface area contributed by atoms with Crippen molar-refractivity contribution < 1.29 is 19.0 Å². The van der Waals surface area contributed by atoms with Gasteiger partial charge in [0.15, 0.2) is 0 Å². The zero-order valence-corrected chi connectivity index (χ0v) is 16.5. The molecular formula is C19H16Cl3NO4. The van der Waals surface area contributed by atoms with Crippen LogP contribution in [0.4, 0.5) is 5.69 Å². The first-order valence-electron chi connectivity index (χ1n) is 8.50. The van der Waals surface area contributed by atoms with E-state index in [9.17, 15) is 4.79 Å². The van der Waals surface area contributed by atoms with E-state index < -0.39 is 5.79 Å². The number of hydrogen-bond acceptors (Lipinski definition) is 4. The van der Waals surface area contributed by atoms with Gasteiger partial charge in [-0.1, -0.05) is 46.9 Å². The molecule has 2 aromatic rings. The Morgan fingerprint density at radius 1 is 1.04 bits per heavy atom. The SMILES string of the molecule is O=C1N(CCOc2ccccc2Cl)c2c(ccc(Cl)c2Cl)C12OCCCO2. The van der Waals surface area contributed by atoms with Crippen molar-refractivity contribution in [1.82, 2.24) is 0 Å². The molecule has 0 aliphatic carbocycles. The third kappa shape index (κ3) is 3.18. The van der Waals surface area contributed by atoms with Crippen LogP contribution in [0.1, 0.15) is 12.0 Å². The lowest BCUT2D eigenvalue weighted by Gasteiger charge is -2.32. The van der Waals surface area contributed by atoms with Gasteiger partial charge in [-0.15, -0.1) is 0 Å². The molecule has 0 aromatic heterocycles. The van der Waals surface area contributed by atoms with Gasteiger partial charge in [-0.3, -0.25) is 4.79 Å². The molecule has 2 aromatic carbocycles. The van der Waals surface area contributed by atoms with Crippen molar-refractivity contribution in [2.45, 2.75) is 12.2 Å². The van der Waals surface area contributed by atoms with E-state index in [2.05, 4.69) is 0 Å². The molecule has 1 fully saturated rings. The van der Waals surface area contributed by atoms with Crippen LogP contribution >= 0.6 is 34.8 Å². The molecule has 2 aliphatic heterocycles. The molecule has 0 unspecified atom stereocenters. The summed E-state index contributed by atoms with van der Waals surface area (Å²) < 4.78 is 17.3. The fourth-order valence-electron chi connectivity index (χ4n) is 3.30. The predicted octanol–water partition coefficient (Wildman–Crippen LogP) is 4.66. The fourth-order valence-corrected chi connectivity index (χ4v) is 3.91. The molecule has 27 heavy (non-hydrogen) atoms. The quantitative estimate of drug-likeness (QED) is 0.710.